The molecule has 98 valence electrons. The van der Waals surface area contributed by atoms with Crippen molar-refractivity contribution in [3.05, 3.63) is 0 Å². The molecule has 0 amide bonds. The van der Waals surface area contributed by atoms with E-state index < -0.39 is 6.16 Å². The van der Waals surface area contributed by atoms with Crippen LogP contribution in [-0.2, 0) is 4.74 Å². The van der Waals surface area contributed by atoms with Gasteiger partial charge in [0, 0.05) is 6.61 Å². The number of carbonyl (C=O) groups is 1. The number of hydrogen-bond acceptors (Lipinski definition) is 3. The van der Waals surface area contributed by atoms with Gasteiger partial charge in [-0.15, -0.1) is 0 Å². The topological polar surface area (TPSA) is 49.4 Å². The Morgan fingerprint density at radius 2 is 1.38 bits per heavy atom. The fraction of sp³-hybridized carbons (Fsp3) is 0.917. The van der Waals surface area contributed by atoms with E-state index in [4.69, 9.17) is 0 Å². The first-order valence-electron chi connectivity index (χ1n) is 6.20. The fourth-order valence-corrected chi connectivity index (χ4v) is 1.53. The van der Waals surface area contributed by atoms with Crippen LogP contribution in [0.2, 0.25) is 0 Å². The number of rotatable bonds is 6. The minimum atomic E-state index is -1.44. The van der Waals surface area contributed by atoms with E-state index in [0.29, 0.717) is 6.42 Å². The highest BCUT2D eigenvalue weighted by atomic mass is 16.7. The number of hydrogen-bond donors (Lipinski definition) is 0. The predicted molar refractivity (Wildman–Crippen MR) is 64.1 cm³/mol. The Labute approximate surface area is 99.8 Å². The smallest absolute Gasteiger partial charge is 0.251 e. The Morgan fingerprint density at radius 3 is 1.44 bits per heavy atom. The SMILES string of the molecule is CCCOC(=O)[O-].CC[N+](CC)(CC)CC. The molecule has 0 saturated heterocycles. The molecular formula is C12H27NO3. The molecule has 0 aliphatic heterocycles. The zero-order chi connectivity index (χ0) is 13.0. The van der Waals surface area contributed by atoms with Crippen LogP contribution in [0.5, 0.6) is 0 Å². The zero-order valence-electron chi connectivity index (χ0n) is 11.4. The van der Waals surface area contributed by atoms with Crippen molar-refractivity contribution in [3.8, 4) is 0 Å². The van der Waals surface area contributed by atoms with Crippen molar-refractivity contribution in [2.24, 2.45) is 0 Å². The fourth-order valence-electron chi connectivity index (χ4n) is 1.53. The summed E-state index contributed by atoms with van der Waals surface area (Å²) in [4.78, 5) is 9.42. The zero-order valence-corrected chi connectivity index (χ0v) is 11.4. The monoisotopic (exact) mass is 233 g/mol. The second kappa shape index (κ2) is 10.7. The molecule has 16 heavy (non-hydrogen) atoms. The number of carboxylic acid groups (broad SMARTS) is 1. The summed E-state index contributed by atoms with van der Waals surface area (Å²) >= 11 is 0. The van der Waals surface area contributed by atoms with Crippen LogP contribution in [0.25, 0.3) is 0 Å². The van der Waals surface area contributed by atoms with Gasteiger partial charge in [-0.05, 0) is 34.1 Å². The van der Waals surface area contributed by atoms with Gasteiger partial charge in [0.25, 0.3) is 6.16 Å². The molecule has 0 aromatic rings. The number of carbonyl (C=O) groups excluding carboxylic acids is 1. The maximum atomic E-state index is 9.42. The van der Waals surface area contributed by atoms with Crippen LogP contribution in [-0.4, -0.2) is 43.4 Å². The summed E-state index contributed by atoms with van der Waals surface area (Å²) in [5.41, 5.74) is 0. The lowest BCUT2D eigenvalue weighted by Crippen LogP contribution is -2.47. The molecule has 0 aliphatic rings. The van der Waals surface area contributed by atoms with E-state index in [9.17, 15) is 9.90 Å². The third-order valence-electron chi connectivity index (χ3n) is 3.11. The van der Waals surface area contributed by atoms with Crippen LogP contribution in [0.15, 0.2) is 0 Å². The normalized spacial score (nSPS) is 10.3. The Hall–Kier alpha value is -0.770. The standard InChI is InChI=1S/C8H20N.C4H8O3/c1-5-9(6-2,7-3)8-4;1-2-3-7-4(5)6/h5-8H2,1-4H3;2-3H2,1H3,(H,5,6)/q+1;/p-1. The van der Waals surface area contributed by atoms with E-state index in [-0.39, 0.29) is 6.61 Å². The van der Waals surface area contributed by atoms with E-state index in [2.05, 4.69) is 32.4 Å². The first-order valence-corrected chi connectivity index (χ1v) is 6.20. The van der Waals surface area contributed by atoms with Gasteiger partial charge in [0.1, 0.15) is 0 Å². The van der Waals surface area contributed by atoms with Crippen LogP contribution in [0.3, 0.4) is 0 Å². The molecule has 0 saturated carbocycles. The summed E-state index contributed by atoms with van der Waals surface area (Å²) in [6.45, 7) is 16.3. The highest BCUT2D eigenvalue weighted by Crippen LogP contribution is 2.03. The molecule has 0 atom stereocenters. The second-order valence-electron chi connectivity index (χ2n) is 3.71. The minimum absolute atomic E-state index is 0.238. The number of ether oxygens (including phenoxy) is 1. The molecule has 0 radical (unpaired) electrons. The third kappa shape index (κ3) is 8.53. The van der Waals surface area contributed by atoms with Gasteiger partial charge in [-0.3, -0.25) is 0 Å². The molecule has 4 heteroatoms. The van der Waals surface area contributed by atoms with Crippen molar-refractivity contribution in [2.75, 3.05) is 32.8 Å². The van der Waals surface area contributed by atoms with Crippen LogP contribution in [0.1, 0.15) is 41.0 Å². The van der Waals surface area contributed by atoms with Crippen LogP contribution < -0.4 is 5.11 Å². The highest BCUT2D eigenvalue weighted by molar-refractivity contribution is 5.53. The van der Waals surface area contributed by atoms with E-state index in [0.717, 1.165) is 0 Å². The van der Waals surface area contributed by atoms with Gasteiger partial charge in [-0.25, -0.2) is 0 Å². The van der Waals surface area contributed by atoms with Gasteiger partial charge in [0.15, 0.2) is 0 Å². The lowest BCUT2D eigenvalue weighted by atomic mass is 10.3. The molecule has 0 N–H and O–H groups in total. The summed E-state index contributed by atoms with van der Waals surface area (Å²) in [5, 5.41) is 9.42. The summed E-state index contributed by atoms with van der Waals surface area (Å²) in [7, 11) is 0. The largest absolute Gasteiger partial charge is 0.550 e. The summed E-state index contributed by atoms with van der Waals surface area (Å²) in [6, 6.07) is 0. The van der Waals surface area contributed by atoms with Crippen molar-refractivity contribution in [2.45, 2.75) is 41.0 Å². The first kappa shape index (κ1) is 17.6. The maximum Gasteiger partial charge on any atom is 0.251 e. The first-order chi connectivity index (χ1) is 7.51. The van der Waals surface area contributed by atoms with Gasteiger partial charge < -0.3 is 19.1 Å². The maximum absolute atomic E-state index is 9.42. The van der Waals surface area contributed by atoms with Gasteiger partial charge >= 0.3 is 0 Å². The van der Waals surface area contributed by atoms with E-state index in [1.165, 1.54) is 30.7 Å². The van der Waals surface area contributed by atoms with Crippen molar-refractivity contribution in [1.29, 1.82) is 0 Å². The van der Waals surface area contributed by atoms with E-state index >= 15 is 0 Å². The van der Waals surface area contributed by atoms with E-state index in [1.807, 2.05) is 6.92 Å². The molecular weight excluding hydrogens is 206 g/mol. The molecule has 0 aromatic carbocycles. The average molecular weight is 233 g/mol. The van der Waals surface area contributed by atoms with Gasteiger partial charge in [0.2, 0.25) is 0 Å². The highest BCUT2D eigenvalue weighted by Gasteiger charge is 2.16. The quantitative estimate of drug-likeness (QED) is 0.517. The molecule has 0 unspecified atom stereocenters. The molecule has 0 rings (SSSR count). The van der Waals surface area contributed by atoms with Crippen LogP contribution >= 0.6 is 0 Å². The van der Waals surface area contributed by atoms with Crippen molar-refractivity contribution in [1.82, 2.24) is 0 Å². The number of nitrogens with zero attached hydrogens (tertiary/aromatic N) is 1. The minimum Gasteiger partial charge on any atom is -0.550 e. The Bertz CT molecular complexity index is 150. The molecule has 0 spiro atoms. The van der Waals surface area contributed by atoms with Crippen molar-refractivity contribution < 1.29 is 19.1 Å². The Kier molecular flexibility index (Phi) is 11.8. The Balaban J connectivity index is 0. The summed E-state index contributed by atoms with van der Waals surface area (Å²) < 4.78 is 5.27. The molecule has 0 aromatic heterocycles. The summed E-state index contributed by atoms with van der Waals surface area (Å²) in [5.74, 6) is 0. The van der Waals surface area contributed by atoms with E-state index in [1.54, 1.807) is 0 Å². The lowest BCUT2D eigenvalue weighted by Gasteiger charge is -2.34. The van der Waals surface area contributed by atoms with Crippen LogP contribution in [0, 0.1) is 0 Å². The molecule has 4 nitrogen and oxygen atoms in total. The Morgan fingerprint density at radius 1 is 1.00 bits per heavy atom. The number of quaternary nitrogens is 1. The van der Waals surface area contributed by atoms with Crippen LogP contribution in [0.4, 0.5) is 4.79 Å². The van der Waals surface area contributed by atoms with Crippen molar-refractivity contribution >= 4 is 6.16 Å². The molecule has 0 bridgehead atoms. The predicted octanol–water partition coefficient (Wildman–Crippen LogP) is 1.64. The molecule has 0 heterocycles. The molecule has 0 aliphatic carbocycles. The third-order valence-corrected chi connectivity index (χ3v) is 3.11. The second-order valence-corrected chi connectivity index (χ2v) is 3.71. The average Bonchev–Trinajstić information content (AvgIpc) is 2.31. The van der Waals surface area contributed by atoms with Gasteiger partial charge in [-0.1, -0.05) is 6.92 Å². The van der Waals surface area contributed by atoms with Crippen molar-refractivity contribution in [3.63, 3.8) is 0 Å². The van der Waals surface area contributed by atoms with Gasteiger partial charge in [-0.2, -0.15) is 0 Å². The molecule has 0 fully saturated rings. The lowest BCUT2D eigenvalue weighted by molar-refractivity contribution is -0.921. The van der Waals surface area contributed by atoms with Gasteiger partial charge in [0.05, 0.1) is 26.2 Å². The summed E-state index contributed by atoms with van der Waals surface area (Å²) in [6.07, 6.45) is -0.740.